The molecule has 5 nitrogen and oxygen atoms in total. The Morgan fingerprint density at radius 2 is 1.68 bits per heavy atom. The fraction of sp³-hybridized carbons (Fsp3) is 0.387. The van der Waals surface area contributed by atoms with Crippen LogP contribution < -0.4 is 4.74 Å². The van der Waals surface area contributed by atoms with E-state index < -0.39 is 0 Å². The number of allylic oxidation sites excluding steroid dienone is 2. The predicted molar refractivity (Wildman–Crippen MR) is 158 cm³/mol. The lowest BCUT2D eigenvalue weighted by atomic mass is 9.98. The summed E-state index contributed by atoms with van der Waals surface area (Å²) < 4.78 is 6.24. The summed E-state index contributed by atoms with van der Waals surface area (Å²) in [7, 11) is 1.78. The summed E-state index contributed by atoms with van der Waals surface area (Å²) in [6, 6.07) is 17.9. The van der Waals surface area contributed by atoms with Crippen LogP contribution in [0.3, 0.4) is 0 Å². The summed E-state index contributed by atoms with van der Waals surface area (Å²) >= 11 is 6.71. The Hall–Kier alpha value is -3.18. The van der Waals surface area contributed by atoms with Crippen LogP contribution in [0.2, 0.25) is 0 Å². The Morgan fingerprint density at radius 3 is 2.27 bits per heavy atom. The maximum absolute atomic E-state index is 6.71. The zero-order valence-corrected chi connectivity index (χ0v) is 23.6. The van der Waals surface area contributed by atoms with Crippen molar-refractivity contribution in [2.75, 3.05) is 7.05 Å². The van der Waals surface area contributed by atoms with Gasteiger partial charge in [0.1, 0.15) is 17.2 Å². The normalized spacial score (nSPS) is 18.4. The molecule has 37 heavy (non-hydrogen) atoms. The highest BCUT2D eigenvalue weighted by atomic mass is 35.5. The number of hydrazone groups is 1. The number of hydrogen-bond acceptors (Lipinski definition) is 4. The third-order valence-corrected chi connectivity index (χ3v) is 6.32. The van der Waals surface area contributed by atoms with Crippen molar-refractivity contribution in [2.45, 2.75) is 72.3 Å². The molecule has 0 radical (unpaired) electrons. The fourth-order valence-corrected chi connectivity index (χ4v) is 4.54. The number of nitrogens with zero attached hydrogens (tertiary/aromatic N) is 4. The van der Waals surface area contributed by atoms with Crippen molar-refractivity contribution in [3.63, 3.8) is 0 Å². The highest BCUT2D eigenvalue weighted by molar-refractivity contribution is 6.61. The van der Waals surface area contributed by atoms with Gasteiger partial charge in [-0.25, -0.2) is 10.0 Å². The third kappa shape index (κ3) is 6.98. The van der Waals surface area contributed by atoms with E-state index in [4.69, 9.17) is 26.4 Å². The minimum Gasteiger partial charge on any atom is -0.457 e. The lowest BCUT2D eigenvalue weighted by Crippen LogP contribution is -2.32. The van der Waals surface area contributed by atoms with E-state index in [9.17, 15) is 0 Å². The molecule has 1 heterocycles. The van der Waals surface area contributed by atoms with E-state index in [2.05, 4.69) is 37.4 Å². The molecule has 0 bridgehead atoms. The van der Waals surface area contributed by atoms with Crippen molar-refractivity contribution in [3.8, 4) is 11.5 Å². The van der Waals surface area contributed by atoms with Crippen LogP contribution in [0.1, 0.15) is 71.8 Å². The molecule has 0 spiro atoms. The lowest BCUT2D eigenvalue weighted by molar-refractivity contribution is 0.337. The van der Waals surface area contributed by atoms with E-state index >= 15 is 0 Å². The SMILES string of the molecule is C=C(CC)N=C1/C(=C(\C)Cl)C(C(=NC)c2ccccc2Oc2ccccc2)=NN1C1CCCC1.CCC. The van der Waals surface area contributed by atoms with E-state index in [-0.39, 0.29) is 0 Å². The molecule has 0 N–H and O–H groups in total. The largest absolute Gasteiger partial charge is 0.457 e. The molecule has 196 valence electrons. The van der Waals surface area contributed by atoms with Gasteiger partial charge in [0.25, 0.3) is 0 Å². The zero-order chi connectivity index (χ0) is 26.8. The van der Waals surface area contributed by atoms with Gasteiger partial charge in [-0.1, -0.05) is 88.5 Å². The Labute approximate surface area is 227 Å². The number of ether oxygens (including phenoxy) is 1. The molecule has 0 unspecified atom stereocenters. The highest BCUT2D eigenvalue weighted by Crippen LogP contribution is 2.34. The smallest absolute Gasteiger partial charge is 0.160 e. The van der Waals surface area contributed by atoms with Gasteiger partial charge in [0.15, 0.2) is 5.84 Å². The number of aliphatic imine (C=N–C) groups is 2. The van der Waals surface area contributed by atoms with E-state index in [1.165, 1.54) is 19.3 Å². The fourth-order valence-electron chi connectivity index (χ4n) is 4.37. The van der Waals surface area contributed by atoms with Crippen molar-refractivity contribution >= 4 is 28.9 Å². The van der Waals surface area contributed by atoms with Crippen LogP contribution in [0, 0.1) is 0 Å². The molecule has 6 heteroatoms. The molecule has 0 saturated heterocycles. The quantitative estimate of drug-likeness (QED) is 0.344. The topological polar surface area (TPSA) is 49.6 Å². The summed E-state index contributed by atoms with van der Waals surface area (Å²) in [4.78, 5) is 9.56. The number of para-hydroxylation sites is 2. The Balaban J connectivity index is 0.00000121. The summed E-state index contributed by atoms with van der Waals surface area (Å²) in [6.07, 6.45) is 6.55. The Kier molecular flexibility index (Phi) is 10.7. The number of halogens is 1. The number of benzene rings is 2. The van der Waals surface area contributed by atoms with Gasteiger partial charge in [0.2, 0.25) is 0 Å². The van der Waals surface area contributed by atoms with E-state index in [1.54, 1.807) is 7.05 Å². The van der Waals surface area contributed by atoms with Crippen LogP contribution >= 0.6 is 11.6 Å². The first-order chi connectivity index (χ1) is 17.9. The van der Waals surface area contributed by atoms with Crippen molar-refractivity contribution in [3.05, 3.63) is 83.0 Å². The van der Waals surface area contributed by atoms with Crippen LogP contribution in [0.5, 0.6) is 11.5 Å². The zero-order valence-electron chi connectivity index (χ0n) is 22.8. The van der Waals surface area contributed by atoms with Gasteiger partial charge in [-0.3, -0.25) is 4.99 Å². The molecule has 2 aliphatic rings. The maximum atomic E-state index is 6.71. The second-order valence-electron chi connectivity index (χ2n) is 9.19. The van der Waals surface area contributed by atoms with E-state index in [1.807, 2.05) is 61.5 Å². The molecule has 1 aliphatic heterocycles. The molecule has 4 rings (SSSR count). The standard InChI is InChI=1S/C28H31ClN4O.C3H8/c1-5-19(2)31-28-25(20(3)29)27(32-33(28)21-13-9-10-14-21)26(30-4)23-17-11-12-18-24(23)34-22-15-7-6-8-16-22;1-3-2/h6-8,11-12,15-18,21H,2,5,9-10,13-14H2,1,3-4H3;3H2,1-2H3/b25-20+,30-26?,31-28?;. The minimum absolute atomic E-state index is 0.292. The van der Waals surface area contributed by atoms with Crippen molar-refractivity contribution in [1.82, 2.24) is 5.01 Å². The van der Waals surface area contributed by atoms with Crippen molar-refractivity contribution in [1.29, 1.82) is 0 Å². The Morgan fingerprint density at radius 1 is 1.05 bits per heavy atom. The van der Waals surface area contributed by atoms with Gasteiger partial charge in [0.05, 0.1) is 17.3 Å². The van der Waals surface area contributed by atoms with Gasteiger partial charge in [0, 0.05) is 23.3 Å². The molecular weight excluding hydrogens is 480 g/mol. The maximum Gasteiger partial charge on any atom is 0.160 e. The summed E-state index contributed by atoms with van der Waals surface area (Å²) in [5.74, 6) is 2.24. The molecule has 2 aromatic rings. The molecule has 0 aromatic heterocycles. The lowest BCUT2D eigenvalue weighted by Gasteiger charge is -2.23. The molecular formula is C31H39ClN4O. The van der Waals surface area contributed by atoms with E-state index in [0.29, 0.717) is 22.5 Å². The van der Waals surface area contributed by atoms with Gasteiger partial charge in [-0.2, -0.15) is 5.10 Å². The van der Waals surface area contributed by atoms with Crippen LogP contribution in [-0.2, 0) is 0 Å². The first kappa shape index (κ1) is 28.4. The van der Waals surface area contributed by atoms with Gasteiger partial charge in [-0.15, -0.1) is 0 Å². The predicted octanol–water partition coefficient (Wildman–Crippen LogP) is 8.76. The molecule has 0 atom stereocenters. The molecule has 2 aromatic carbocycles. The number of rotatable bonds is 7. The summed E-state index contributed by atoms with van der Waals surface area (Å²) in [5, 5.41) is 7.77. The van der Waals surface area contributed by atoms with Gasteiger partial charge in [-0.05, 0) is 50.5 Å². The van der Waals surface area contributed by atoms with Crippen molar-refractivity contribution in [2.24, 2.45) is 15.1 Å². The molecule has 1 aliphatic carbocycles. The summed E-state index contributed by atoms with van der Waals surface area (Å²) in [6.45, 7) is 12.3. The van der Waals surface area contributed by atoms with Gasteiger partial charge >= 0.3 is 0 Å². The highest BCUT2D eigenvalue weighted by Gasteiger charge is 2.38. The first-order valence-electron chi connectivity index (χ1n) is 13.3. The number of hydrogen-bond donors (Lipinski definition) is 0. The van der Waals surface area contributed by atoms with Gasteiger partial charge < -0.3 is 4.74 Å². The average Bonchev–Trinajstić information content (AvgIpc) is 3.55. The molecule has 1 saturated carbocycles. The monoisotopic (exact) mass is 518 g/mol. The Bertz CT molecular complexity index is 1190. The van der Waals surface area contributed by atoms with Crippen molar-refractivity contribution < 1.29 is 4.74 Å². The number of amidine groups is 1. The van der Waals surface area contributed by atoms with Crippen LogP contribution in [-0.4, -0.2) is 35.4 Å². The molecule has 1 fully saturated rings. The average molecular weight is 519 g/mol. The third-order valence-electron chi connectivity index (χ3n) is 6.13. The van der Waals surface area contributed by atoms with E-state index in [0.717, 1.165) is 53.4 Å². The second-order valence-corrected chi connectivity index (χ2v) is 9.75. The van der Waals surface area contributed by atoms with Crippen LogP contribution in [0.15, 0.2) is 92.6 Å². The first-order valence-corrected chi connectivity index (χ1v) is 13.6. The summed E-state index contributed by atoms with van der Waals surface area (Å²) in [5.41, 5.74) is 3.89. The second kappa shape index (κ2) is 13.9. The minimum atomic E-state index is 0.292. The van der Waals surface area contributed by atoms with Crippen LogP contribution in [0.25, 0.3) is 0 Å². The molecule has 0 amide bonds. The van der Waals surface area contributed by atoms with Crippen LogP contribution in [0.4, 0.5) is 0 Å².